The summed E-state index contributed by atoms with van der Waals surface area (Å²) in [4.78, 5) is 8.78. The van der Waals surface area contributed by atoms with E-state index in [9.17, 15) is 0 Å². The number of nitrogens with one attached hydrogen (secondary N) is 1. The molecule has 0 saturated heterocycles. The summed E-state index contributed by atoms with van der Waals surface area (Å²) >= 11 is 0. The van der Waals surface area contributed by atoms with Gasteiger partial charge in [0.2, 0.25) is 0 Å². The molecule has 0 radical (unpaired) electrons. The molecule has 0 spiro atoms. The van der Waals surface area contributed by atoms with Crippen molar-refractivity contribution in [1.82, 2.24) is 19.6 Å². The summed E-state index contributed by atoms with van der Waals surface area (Å²) in [7, 11) is 0. The van der Waals surface area contributed by atoms with Gasteiger partial charge >= 0.3 is 0 Å². The highest BCUT2D eigenvalue weighted by Crippen LogP contribution is 2.31. The lowest BCUT2D eigenvalue weighted by molar-refractivity contribution is 0.521. The first-order chi connectivity index (χ1) is 12.2. The van der Waals surface area contributed by atoms with Gasteiger partial charge in [-0.2, -0.15) is 14.6 Å². The van der Waals surface area contributed by atoms with Crippen molar-refractivity contribution >= 4 is 22.6 Å². The van der Waals surface area contributed by atoms with Crippen LogP contribution in [0.2, 0.25) is 0 Å². The van der Waals surface area contributed by atoms with Gasteiger partial charge in [-0.25, -0.2) is 4.98 Å². The minimum Gasteiger partial charge on any atom is -0.459 e. The van der Waals surface area contributed by atoms with E-state index in [1.54, 1.807) is 4.52 Å². The largest absolute Gasteiger partial charge is 0.459 e. The molecule has 128 valence electrons. The van der Waals surface area contributed by atoms with Crippen LogP contribution in [0.1, 0.15) is 43.3 Å². The van der Waals surface area contributed by atoms with Gasteiger partial charge in [-0.05, 0) is 26.3 Å². The average Bonchev–Trinajstić information content (AvgIpc) is 3.20. The zero-order valence-corrected chi connectivity index (χ0v) is 14.7. The first kappa shape index (κ1) is 15.6. The Labute approximate surface area is 145 Å². The molecule has 4 rings (SSSR count). The molecule has 3 heterocycles. The van der Waals surface area contributed by atoms with Crippen molar-refractivity contribution in [1.29, 1.82) is 0 Å². The van der Waals surface area contributed by atoms with Crippen LogP contribution in [0.5, 0.6) is 0 Å². The maximum Gasteiger partial charge on any atom is 0.254 e. The molecule has 1 aromatic carbocycles. The van der Waals surface area contributed by atoms with Crippen LogP contribution in [0.3, 0.4) is 0 Å². The Morgan fingerprint density at radius 3 is 2.92 bits per heavy atom. The predicted molar refractivity (Wildman–Crippen MR) is 97.8 cm³/mol. The number of aromatic nitrogens is 4. The van der Waals surface area contributed by atoms with Crippen LogP contribution in [0.4, 0.5) is 5.82 Å². The molecule has 0 aliphatic carbocycles. The molecule has 0 unspecified atom stereocenters. The zero-order chi connectivity index (χ0) is 17.4. The van der Waals surface area contributed by atoms with Crippen molar-refractivity contribution in [3.05, 3.63) is 53.7 Å². The monoisotopic (exact) mass is 335 g/mol. The highest BCUT2D eigenvalue weighted by atomic mass is 16.3. The van der Waals surface area contributed by atoms with Crippen molar-refractivity contribution in [2.45, 2.75) is 39.7 Å². The van der Waals surface area contributed by atoms with E-state index in [0.29, 0.717) is 5.78 Å². The van der Waals surface area contributed by atoms with Crippen molar-refractivity contribution in [2.24, 2.45) is 0 Å². The maximum atomic E-state index is 6.08. The van der Waals surface area contributed by atoms with Crippen molar-refractivity contribution in [3.63, 3.8) is 0 Å². The smallest absolute Gasteiger partial charge is 0.254 e. The number of anilines is 1. The van der Waals surface area contributed by atoms with Gasteiger partial charge in [0.05, 0.1) is 6.04 Å². The topological polar surface area (TPSA) is 68.2 Å². The quantitative estimate of drug-likeness (QED) is 0.589. The van der Waals surface area contributed by atoms with Crippen molar-refractivity contribution in [2.75, 3.05) is 5.32 Å². The van der Waals surface area contributed by atoms with E-state index in [1.807, 2.05) is 24.3 Å². The highest BCUT2D eigenvalue weighted by Gasteiger charge is 2.18. The lowest BCUT2D eigenvalue weighted by atomic mass is 10.1. The Morgan fingerprint density at radius 1 is 1.28 bits per heavy atom. The molecule has 4 aromatic rings. The molecule has 0 amide bonds. The molecule has 0 fully saturated rings. The van der Waals surface area contributed by atoms with Gasteiger partial charge in [-0.1, -0.05) is 31.5 Å². The number of hydrogen-bond acceptors (Lipinski definition) is 5. The number of fused-ring (bicyclic) bond motifs is 2. The summed E-state index contributed by atoms with van der Waals surface area (Å²) in [5, 5.41) is 8.95. The van der Waals surface area contributed by atoms with Crippen LogP contribution in [-0.2, 0) is 6.42 Å². The molecule has 1 N–H and O–H groups in total. The summed E-state index contributed by atoms with van der Waals surface area (Å²) in [6.07, 6.45) is 3.48. The van der Waals surface area contributed by atoms with Crippen LogP contribution < -0.4 is 5.32 Å². The van der Waals surface area contributed by atoms with E-state index in [0.717, 1.165) is 46.6 Å². The molecule has 6 heteroatoms. The molecule has 3 aromatic heterocycles. The summed E-state index contributed by atoms with van der Waals surface area (Å²) in [5.41, 5.74) is 3.09. The number of hydrogen-bond donors (Lipinski definition) is 1. The summed E-state index contributed by atoms with van der Waals surface area (Å²) in [5.74, 6) is 2.42. The Balaban J connectivity index is 1.72. The number of nitrogens with zero attached hydrogens (tertiary/aromatic N) is 4. The van der Waals surface area contributed by atoms with Crippen LogP contribution in [0.25, 0.3) is 16.7 Å². The average molecular weight is 335 g/mol. The van der Waals surface area contributed by atoms with E-state index in [-0.39, 0.29) is 6.04 Å². The molecule has 1 atom stereocenters. The fourth-order valence-corrected chi connectivity index (χ4v) is 3.24. The molecule has 0 aliphatic rings. The van der Waals surface area contributed by atoms with Gasteiger partial charge in [0.1, 0.15) is 23.5 Å². The fourth-order valence-electron chi connectivity index (χ4n) is 3.24. The molecular formula is C19H21N5O. The van der Waals surface area contributed by atoms with Gasteiger partial charge in [0.25, 0.3) is 5.78 Å². The third kappa shape index (κ3) is 2.73. The Bertz CT molecular complexity index is 1030. The van der Waals surface area contributed by atoms with E-state index in [2.05, 4.69) is 47.2 Å². The number of para-hydroxylation sites is 1. The number of benzene rings is 1. The predicted octanol–water partition coefficient (Wildman–Crippen LogP) is 4.30. The third-order valence-corrected chi connectivity index (χ3v) is 4.45. The Hall–Kier alpha value is -2.89. The van der Waals surface area contributed by atoms with Gasteiger partial charge in [0, 0.05) is 22.7 Å². The molecule has 6 nitrogen and oxygen atoms in total. The minimum atomic E-state index is -0.00308. The fraction of sp³-hybridized carbons (Fsp3) is 0.316. The van der Waals surface area contributed by atoms with Crippen LogP contribution in [-0.4, -0.2) is 19.6 Å². The van der Waals surface area contributed by atoms with Crippen molar-refractivity contribution < 1.29 is 4.42 Å². The standard InChI is InChI=1S/C19H21N5O/c1-4-7-14-10-17(24-19(23-14)20-11-21-24)22-13(3)18-12(2)15-8-5-6-9-16(15)25-18/h5-6,8-11,13,22H,4,7H2,1-3H3/t13-/m1/s1. The second kappa shape index (κ2) is 6.20. The van der Waals surface area contributed by atoms with E-state index >= 15 is 0 Å². The number of rotatable bonds is 5. The zero-order valence-electron chi connectivity index (χ0n) is 14.7. The summed E-state index contributed by atoms with van der Waals surface area (Å²) in [6, 6.07) is 10.2. The summed E-state index contributed by atoms with van der Waals surface area (Å²) in [6.45, 7) is 6.33. The van der Waals surface area contributed by atoms with Crippen molar-refractivity contribution in [3.8, 4) is 0 Å². The Morgan fingerprint density at radius 2 is 2.12 bits per heavy atom. The van der Waals surface area contributed by atoms with Gasteiger partial charge in [-0.15, -0.1) is 0 Å². The lowest BCUT2D eigenvalue weighted by Crippen LogP contribution is -2.12. The SMILES string of the molecule is CCCc1cc(N[C@H](C)c2oc3ccccc3c2C)n2ncnc2n1. The van der Waals surface area contributed by atoms with Crippen LogP contribution in [0.15, 0.2) is 41.1 Å². The number of aryl methyl sites for hydroxylation is 2. The van der Waals surface area contributed by atoms with Gasteiger partial charge < -0.3 is 9.73 Å². The van der Waals surface area contributed by atoms with Crippen LogP contribution in [0, 0.1) is 6.92 Å². The highest BCUT2D eigenvalue weighted by molar-refractivity contribution is 5.82. The van der Waals surface area contributed by atoms with Crippen LogP contribution >= 0.6 is 0 Å². The lowest BCUT2D eigenvalue weighted by Gasteiger charge is -2.15. The normalized spacial score (nSPS) is 12.8. The molecular weight excluding hydrogens is 314 g/mol. The molecule has 0 saturated carbocycles. The van der Waals surface area contributed by atoms with Gasteiger partial charge in [0.15, 0.2) is 0 Å². The van der Waals surface area contributed by atoms with Gasteiger partial charge in [-0.3, -0.25) is 0 Å². The Kier molecular flexibility index (Phi) is 3.87. The first-order valence-corrected chi connectivity index (χ1v) is 8.61. The van der Waals surface area contributed by atoms with E-state index in [4.69, 9.17) is 4.42 Å². The minimum absolute atomic E-state index is 0.00308. The number of furan rings is 1. The van der Waals surface area contributed by atoms with E-state index in [1.165, 1.54) is 6.33 Å². The second-order valence-corrected chi connectivity index (χ2v) is 6.31. The maximum absolute atomic E-state index is 6.08. The molecule has 0 aliphatic heterocycles. The summed E-state index contributed by atoms with van der Waals surface area (Å²) < 4.78 is 7.81. The first-order valence-electron chi connectivity index (χ1n) is 8.61. The molecule has 25 heavy (non-hydrogen) atoms. The molecule has 0 bridgehead atoms. The van der Waals surface area contributed by atoms with E-state index < -0.39 is 0 Å². The third-order valence-electron chi connectivity index (χ3n) is 4.45. The second-order valence-electron chi connectivity index (χ2n) is 6.31.